The molecule has 0 aliphatic carbocycles. The van der Waals surface area contributed by atoms with Crippen LogP contribution in [0.25, 0.3) is 11.4 Å². The Kier molecular flexibility index (Phi) is 7.13. The highest BCUT2D eigenvalue weighted by atomic mass is 32.1. The second-order valence-corrected chi connectivity index (χ2v) is 7.39. The minimum Gasteiger partial charge on any atom is -0.352 e. The molecule has 3 aromatic rings. The van der Waals surface area contributed by atoms with Crippen LogP contribution >= 0.6 is 12.2 Å². The summed E-state index contributed by atoms with van der Waals surface area (Å²) in [5.74, 6) is 0.447. The zero-order valence-corrected chi connectivity index (χ0v) is 17.9. The number of hydrogen-bond acceptors (Lipinski definition) is 4. The van der Waals surface area contributed by atoms with Gasteiger partial charge in [0.25, 0.3) is 5.91 Å². The van der Waals surface area contributed by atoms with Crippen LogP contribution < -0.4 is 10.6 Å². The van der Waals surface area contributed by atoms with Gasteiger partial charge in [0.15, 0.2) is 10.6 Å². The van der Waals surface area contributed by atoms with Crippen LogP contribution in [0.3, 0.4) is 0 Å². The summed E-state index contributed by atoms with van der Waals surface area (Å²) in [4.78, 5) is 24.4. The number of anilines is 1. The lowest BCUT2D eigenvalue weighted by molar-refractivity contribution is -0.116. The summed E-state index contributed by atoms with van der Waals surface area (Å²) in [5.41, 5.74) is 3.27. The summed E-state index contributed by atoms with van der Waals surface area (Å²) in [6.45, 7) is 5.06. The summed E-state index contributed by atoms with van der Waals surface area (Å²) in [6.07, 6.45) is 1.12. The van der Waals surface area contributed by atoms with E-state index in [2.05, 4.69) is 20.8 Å². The Balaban J connectivity index is 1.61. The molecular formula is C22H25N5O2S. The summed E-state index contributed by atoms with van der Waals surface area (Å²) >= 11 is 5.33. The highest BCUT2D eigenvalue weighted by molar-refractivity contribution is 7.71. The van der Waals surface area contributed by atoms with Gasteiger partial charge >= 0.3 is 0 Å². The fraction of sp³-hybridized carbons (Fsp3) is 0.273. The number of H-pyrrole nitrogens is 1. The molecule has 2 aromatic carbocycles. The van der Waals surface area contributed by atoms with Crippen molar-refractivity contribution < 1.29 is 9.59 Å². The monoisotopic (exact) mass is 423 g/mol. The standard InChI is InChI=1S/C22H25N5O2S/c1-3-12-23-21(29)16-7-9-18(10-8-16)24-19(28)11-13-27-20(25-26-22(27)30)17-6-4-5-15(2)14-17/h4-10,14H,3,11-13H2,1-2H3,(H,23,29)(H,24,28)(H,26,30). The predicted molar refractivity (Wildman–Crippen MR) is 120 cm³/mol. The number of hydrogen-bond donors (Lipinski definition) is 3. The van der Waals surface area contributed by atoms with Crippen LogP contribution in [-0.4, -0.2) is 33.1 Å². The van der Waals surface area contributed by atoms with Crippen LogP contribution in [0.5, 0.6) is 0 Å². The fourth-order valence-electron chi connectivity index (χ4n) is 3.01. The van der Waals surface area contributed by atoms with Crippen LogP contribution in [0.2, 0.25) is 0 Å². The van der Waals surface area contributed by atoms with Crippen molar-refractivity contribution in [1.82, 2.24) is 20.1 Å². The van der Waals surface area contributed by atoms with E-state index in [-0.39, 0.29) is 18.2 Å². The van der Waals surface area contributed by atoms with Crippen molar-refractivity contribution >= 4 is 29.7 Å². The van der Waals surface area contributed by atoms with Gasteiger partial charge in [0.2, 0.25) is 5.91 Å². The lowest BCUT2D eigenvalue weighted by atomic mass is 10.1. The largest absolute Gasteiger partial charge is 0.352 e. The van der Waals surface area contributed by atoms with Gasteiger partial charge in [0.1, 0.15) is 0 Å². The van der Waals surface area contributed by atoms with Gasteiger partial charge in [-0.2, -0.15) is 5.10 Å². The molecule has 156 valence electrons. The topological polar surface area (TPSA) is 91.8 Å². The van der Waals surface area contributed by atoms with E-state index in [1.807, 2.05) is 42.7 Å². The third kappa shape index (κ3) is 5.42. The first-order valence-electron chi connectivity index (χ1n) is 9.88. The molecule has 7 nitrogen and oxygen atoms in total. The van der Waals surface area contributed by atoms with E-state index < -0.39 is 0 Å². The second kappa shape index (κ2) is 9.98. The average molecular weight is 424 g/mol. The third-order valence-electron chi connectivity index (χ3n) is 4.56. The maximum atomic E-state index is 12.4. The van der Waals surface area contributed by atoms with Gasteiger partial charge in [-0.05, 0) is 55.9 Å². The van der Waals surface area contributed by atoms with E-state index in [9.17, 15) is 9.59 Å². The Hall–Kier alpha value is -3.26. The number of rotatable bonds is 8. The van der Waals surface area contributed by atoms with Gasteiger partial charge < -0.3 is 10.6 Å². The zero-order valence-electron chi connectivity index (χ0n) is 17.1. The molecule has 0 atom stereocenters. The number of carbonyl (C=O) groups excluding carboxylic acids is 2. The minimum absolute atomic E-state index is 0.118. The molecule has 0 spiro atoms. The van der Waals surface area contributed by atoms with E-state index in [1.54, 1.807) is 24.3 Å². The first-order chi connectivity index (χ1) is 14.5. The number of carbonyl (C=O) groups is 2. The molecule has 0 radical (unpaired) electrons. The molecule has 0 aliphatic heterocycles. The molecule has 0 bridgehead atoms. The molecule has 2 amide bonds. The number of benzene rings is 2. The Morgan fingerprint density at radius 1 is 1.17 bits per heavy atom. The summed E-state index contributed by atoms with van der Waals surface area (Å²) in [6, 6.07) is 14.8. The third-order valence-corrected chi connectivity index (χ3v) is 4.88. The van der Waals surface area contributed by atoms with E-state index in [1.165, 1.54) is 0 Å². The Morgan fingerprint density at radius 3 is 2.63 bits per heavy atom. The van der Waals surface area contributed by atoms with E-state index in [4.69, 9.17) is 12.2 Å². The fourth-order valence-corrected chi connectivity index (χ4v) is 3.24. The van der Waals surface area contributed by atoms with Gasteiger partial charge in [-0.15, -0.1) is 0 Å². The molecular weight excluding hydrogens is 398 g/mol. The lowest BCUT2D eigenvalue weighted by Crippen LogP contribution is -2.23. The highest BCUT2D eigenvalue weighted by Gasteiger charge is 2.11. The number of aryl methyl sites for hydroxylation is 1. The quantitative estimate of drug-likeness (QED) is 0.476. The molecule has 0 saturated carbocycles. The van der Waals surface area contributed by atoms with Crippen molar-refractivity contribution in [2.75, 3.05) is 11.9 Å². The molecule has 0 fully saturated rings. The summed E-state index contributed by atoms with van der Waals surface area (Å²) in [5, 5.41) is 12.8. The summed E-state index contributed by atoms with van der Waals surface area (Å²) < 4.78 is 2.30. The smallest absolute Gasteiger partial charge is 0.251 e. The molecule has 3 rings (SSSR count). The zero-order chi connectivity index (χ0) is 21.5. The number of aromatic nitrogens is 3. The Morgan fingerprint density at radius 2 is 1.93 bits per heavy atom. The highest BCUT2D eigenvalue weighted by Crippen LogP contribution is 2.19. The van der Waals surface area contributed by atoms with Gasteiger partial charge in [-0.3, -0.25) is 19.3 Å². The predicted octanol–water partition coefficient (Wildman–Crippen LogP) is 4.08. The second-order valence-electron chi connectivity index (χ2n) is 7.00. The van der Waals surface area contributed by atoms with Crippen molar-refractivity contribution in [3.63, 3.8) is 0 Å². The molecule has 3 N–H and O–H groups in total. The Bertz CT molecular complexity index is 1090. The van der Waals surface area contributed by atoms with Gasteiger partial charge in [0, 0.05) is 36.3 Å². The van der Waals surface area contributed by atoms with Crippen LogP contribution in [0, 0.1) is 11.7 Å². The van der Waals surface area contributed by atoms with Crippen molar-refractivity contribution in [2.45, 2.75) is 33.2 Å². The molecule has 0 saturated heterocycles. The van der Waals surface area contributed by atoms with Crippen molar-refractivity contribution in [3.05, 3.63) is 64.4 Å². The molecule has 8 heteroatoms. The van der Waals surface area contributed by atoms with E-state index >= 15 is 0 Å². The molecule has 1 aromatic heterocycles. The van der Waals surface area contributed by atoms with Gasteiger partial charge in [-0.25, -0.2) is 0 Å². The summed E-state index contributed by atoms with van der Waals surface area (Å²) in [7, 11) is 0. The van der Waals surface area contributed by atoms with Crippen LogP contribution in [0.1, 0.15) is 35.7 Å². The van der Waals surface area contributed by atoms with Gasteiger partial charge in [0.05, 0.1) is 0 Å². The molecule has 30 heavy (non-hydrogen) atoms. The Labute approximate surface area is 180 Å². The van der Waals surface area contributed by atoms with E-state index in [0.29, 0.717) is 34.9 Å². The molecule has 0 unspecified atom stereocenters. The first-order valence-corrected chi connectivity index (χ1v) is 10.3. The minimum atomic E-state index is -0.142. The average Bonchev–Trinajstić information content (AvgIpc) is 3.11. The van der Waals surface area contributed by atoms with Crippen molar-refractivity contribution in [2.24, 2.45) is 0 Å². The van der Waals surface area contributed by atoms with E-state index in [0.717, 1.165) is 17.5 Å². The molecule has 1 heterocycles. The number of amides is 2. The number of nitrogens with zero attached hydrogens (tertiary/aromatic N) is 2. The van der Waals surface area contributed by atoms with Crippen LogP contribution in [0.4, 0.5) is 5.69 Å². The maximum Gasteiger partial charge on any atom is 0.251 e. The lowest BCUT2D eigenvalue weighted by Gasteiger charge is -2.09. The van der Waals surface area contributed by atoms with Crippen LogP contribution in [0.15, 0.2) is 48.5 Å². The first kappa shape index (κ1) is 21.4. The maximum absolute atomic E-state index is 12.4. The van der Waals surface area contributed by atoms with Crippen LogP contribution in [-0.2, 0) is 11.3 Å². The number of nitrogens with one attached hydrogen (secondary N) is 3. The van der Waals surface area contributed by atoms with Crippen molar-refractivity contribution in [1.29, 1.82) is 0 Å². The number of aromatic amines is 1. The normalized spacial score (nSPS) is 10.6. The molecule has 0 aliphatic rings. The SMILES string of the molecule is CCCNC(=O)c1ccc(NC(=O)CCn2c(-c3cccc(C)c3)n[nH]c2=S)cc1. The van der Waals surface area contributed by atoms with Crippen molar-refractivity contribution in [3.8, 4) is 11.4 Å². The van der Waals surface area contributed by atoms with Gasteiger partial charge in [-0.1, -0.05) is 30.7 Å².